The molecule has 0 spiro atoms. The Labute approximate surface area is 99.2 Å². The van der Waals surface area contributed by atoms with Gasteiger partial charge in [0.15, 0.2) is 0 Å². The first-order valence-electron chi connectivity index (χ1n) is 5.80. The van der Waals surface area contributed by atoms with Crippen molar-refractivity contribution in [2.45, 2.75) is 12.8 Å². The Hall–Kier alpha value is -1.62. The summed E-state index contributed by atoms with van der Waals surface area (Å²) in [5.74, 6) is 0.238. The van der Waals surface area contributed by atoms with Gasteiger partial charge in [0.1, 0.15) is 0 Å². The fourth-order valence-corrected chi connectivity index (χ4v) is 1.86. The lowest BCUT2D eigenvalue weighted by molar-refractivity contribution is 0.0536. The second-order valence-corrected chi connectivity index (χ2v) is 4.23. The zero-order valence-corrected chi connectivity index (χ0v) is 9.57. The molecule has 0 aliphatic carbocycles. The Morgan fingerprint density at radius 3 is 3.06 bits per heavy atom. The molecule has 5 nitrogen and oxygen atoms in total. The van der Waals surface area contributed by atoms with Crippen molar-refractivity contribution in [2.24, 2.45) is 5.92 Å². The SMILES string of the molecule is O=C(NCC1CCCOC1)c1ccc(=O)[nH]c1. The Kier molecular flexibility index (Phi) is 3.93. The Balaban J connectivity index is 1.84. The van der Waals surface area contributed by atoms with E-state index >= 15 is 0 Å². The molecule has 1 aromatic heterocycles. The molecule has 1 aliphatic heterocycles. The average Bonchev–Trinajstić information content (AvgIpc) is 2.38. The minimum atomic E-state index is -0.206. The summed E-state index contributed by atoms with van der Waals surface area (Å²) >= 11 is 0. The highest BCUT2D eigenvalue weighted by atomic mass is 16.5. The molecular weight excluding hydrogens is 220 g/mol. The normalized spacial score (nSPS) is 19.9. The van der Waals surface area contributed by atoms with Gasteiger partial charge in [-0.1, -0.05) is 0 Å². The summed E-state index contributed by atoms with van der Waals surface area (Å²) in [7, 11) is 0. The number of carbonyl (C=O) groups excluding carboxylic acids is 1. The van der Waals surface area contributed by atoms with Crippen molar-refractivity contribution < 1.29 is 9.53 Å². The van der Waals surface area contributed by atoms with Crippen molar-refractivity contribution in [3.05, 3.63) is 34.2 Å². The van der Waals surface area contributed by atoms with Crippen LogP contribution in [0.3, 0.4) is 0 Å². The number of ether oxygens (including phenoxy) is 1. The van der Waals surface area contributed by atoms with E-state index in [1.54, 1.807) is 0 Å². The zero-order chi connectivity index (χ0) is 12.1. The van der Waals surface area contributed by atoms with Crippen LogP contribution in [0.1, 0.15) is 23.2 Å². The predicted molar refractivity (Wildman–Crippen MR) is 62.9 cm³/mol. The van der Waals surface area contributed by atoms with Crippen LogP contribution in [0.4, 0.5) is 0 Å². The van der Waals surface area contributed by atoms with Crippen LogP contribution in [0.2, 0.25) is 0 Å². The van der Waals surface area contributed by atoms with Crippen LogP contribution in [-0.4, -0.2) is 30.6 Å². The van der Waals surface area contributed by atoms with Crippen LogP contribution >= 0.6 is 0 Å². The van der Waals surface area contributed by atoms with Crippen LogP contribution in [0.25, 0.3) is 0 Å². The molecular formula is C12H16N2O3. The van der Waals surface area contributed by atoms with Gasteiger partial charge in [-0.2, -0.15) is 0 Å². The Morgan fingerprint density at radius 1 is 1.53 bits per heavy atom. The van der Waals surface area contributed by atoms with Crippen LogP contribution in [0.15, 0.2) is 23.1 Å². The molecule has 2 N–H and O–H groups in total. The van der Waals surface area contributed by atoms with Gasteiger partial charge in [0.05, 0.1) is 12.2 Å². The third-order valence-electron chi connectivity index (χ3n) is 2.85. The number of pyridine rings is 1. The minimum Gasteiger partial charge on any atom is -0.381 e. The fourth-order valence-electron chi connectivity index (χ4n) is 1.86. The number of hydrogen-bond donors (Lipinski definition) is 2. The molecule has 92 valence electrons. The summed E-state index contributed by atoms with van der Waals surface area (Å²) in [6, 6.07) is 2.87. The van der Waals surface area contributed by atoms with Crippen molar-refractivity contribution in [3.63, 3.8) is 0 Å². The van der Waals surface area contributed by atoms with E-state index in [1.165, 1.54) is 18.3 Å². The third kappa shape index (κ3) is 3.42. The van der Waals surface area contributed by atoms with E-state index in [2.05, 4.69) is 10.3 Å². The molecule has 1 fully saturated rings. The molecule has 2 rings (SSSR count). The summed E-state index contributed by atoms with van der Waals surface area (Å²) in [5, 5.41) is 2.85. The van der Waals surface area contributed by atoms with E-state index in [1.807, 2.05) is 0 Å². The van der Waals surface area contributed by atoms with Crippen molar-refractivity contribution in [3.8, 4) is 0 Å². The van der Waals surface area contributed by atoms with Crippen LogP contribution in [0.5, 0.6) is 0 Å². The molecule has 1 aliphatic rings. The number of hydrogen-bond acceptors (Lipinski definition) is 3. The lowest BCUT2D eigenvalue weighted by atomic mass is 10.0. The van der Waals surface area contributed by atoms with Gasteiger partial charge >= 0.3 is 0 Å². The molecule has 5 heteroatoms. The summed E-state index contributed by atoms with van der Waals surface area (Å²) < 4.78 is 5.34. The van der Waals surface area contributed by atoms with Gasteiger partial charge in [-0.05, 0) is 24.8 Å². The smallest absolute Gasteiger partial charge is 0.252 e. The maximum absolute atomic E-state index is 11.7. The molecule has 1 atom stereocenters. The summed E-state index contributed by atoms with van der Waals surface area (Å²) in [5.41, 5.74) is 0.267. The molecule has 0 aromatic carbocycles. The summed E-state index contributed by atoms with van der Waals surface area (Å²) in [6.45, 7) is 2.16. The molecule has 0 radical (unpaired) electrons. The van der Waals surface area contributed by atoms with E-state index in [0.29, 0.717) is 24.6 Å². The second kappa shape index (κ2) is 5.63. The van der Waals surface area contributed by atoms with Crippen molar-refractivity contribution in [1.82, 2.24) is 10.3 Å². The number of aromatic amines is 1. The number of carbonyl (C=O) groups is 1. The van der Waals surface area contributed by atoms with Gasteiger partial charge in [-0.25, -0.2) is 0 Å². The van der Waals surface area contributed by atoms with E-state index in [4.69, 9.17) is 4.74 Å². The lowest BCUT2D eigenvalue weighted by Gasteiger charge is -2.22. The van der Waals surface area contributed by atoms with E-state index in [9.17, 15) is 9.59 Å². The summed E-state index contributed by atoms with van der Waals surface area (Å²) in [4.78, 5) is 25.0. The highest BCUT2D eigenvalue weighted by Crippen LogP contribution is 2.12. The van der Waals surface area contributed by atoms with Gasteiger partial charge in [-0.15, -0.1) is 0 Å². The molecule has 0 saturated carbocycles. The maximum Gasteiger partial charge on any atom is 0.252 e. The molecule has 1 aromatic rings. The first kappa shape index (κ1) is 11.9. The van der Waals surface area contributed by atoms with Crippen LogP contribution < -0.4 is 10.9 Å². The highest BCUT2D eigenvalue weighted by Gasteiger charge is 2.15. The molecule has 0 bridgehead atoms. The van der Waals surface area contributed by atoms with Gasteiger partial charge in [0.2, 0.25) is 5.56 Å². The number of H-pyrrole nitrogens is 1. The molecule has 1 saturated heterocycles. The van der Waals surface area contributed by atoms with Gasteiger partial charge < -0.3 is 15.0 Å². The topological polar surface area (TPSA) is 71.2 Å². The second-order valence-electron chi connectivity index (χ2n) is 4.23. The van der Waals surface area contributed by atoms with Crippen LogP contribution in [0, 0.1) is 5.92 Å². The zero-order valence-electron chi connectivity index (χ0n) is 9.57. The Bertz CT molecular complexity index is 415. The minimum absolute atomic E-state index is 0.160. The molecule has 1 amide bonds. The van der Waals surface area contributed by atoms with Crippen molar-refractivity contribution in [1.29, 1.82) is 0 Å². The number of amides is 1. The molecule has 1 unspecified atom stereocenters. The number of aromatic nitrogens is 1. The monoisotopic (exact) mass is 236 g/mol. The standard InChI is InChI=1S/C12H16N2O3/c15-11-4-3-10(7-13-11)12(16)14-6-9-2-1-5-17-8-9/h3-4,7,9H,1-2,5-6,8H2,(H,13,15)(H,14,16). The van der Waals surface area contributed by atoms with Gasteiger partial charge in [0, 0.05) is 25.4 Å². The van der Waals surface area contributed by atoms with Gasteiger partial charge in [0.25, 0.3) is 5.91 Å². The number of nitrogens with one attached hydrogen (secondary N) is 2. The van der Waals surface area contributed by atoms with Gasteiger partial charge in [-0.3, -0.25) is 9.59 Å². The maximum atomic E-state index is 11.7. The van der Waals surface area contributed by atoms with E-state index in [-0.39, 0.29) is 11.5 Å². The summed E-state index contributed by atoms with van der Waals surface area (Å²) in [6.07, 6.45) is 3.57. The van der Waals surface area contributed by atoms with Crippen molar-refractivity contribution in [2.75, 3.05) is 19.8 Å². The average molecular weight is 236 g/mol. The first-order valence-corrected chi connectivity index (χ1v) is 5.80. The largest absolute Gasteiger partial charge is 0.381 e. The van der Waals surface area contributed by atoms with E-state index in [0.717, 1.165) is 19.4 Å². The molecule has 17 heavy (non-hydrogen) atoms. The first-order chi connectivity index (χ1) is 8.25. The third-order valence-corrected chi connectivity index (χ3v) is 2.85. The van der Waals surface area contributed by atoms with E-state index < -0.39 is 0 Å². The predicted octanol–water partition coefficient (Wildman–Crippen LogP) is 0.531. The fraction of sp³-hybridized carbons (Fsp3) is 0.500. The molecule has 2 heterocycles. The van der Waals surface area contributed by atoms with Crippen LogP contribution in [-0.2, 0) is 4.74 Å². The lowest BCUT2D eigenvalue weighted by Crippen LogP contribution is -2.33. The van der Waals surface area contributed by atoms with Crippen molar-refractivity contribution >= 4 is 5.91 Å². The Morgan fingerprint density at radius 2 is 2.41 bits per heavy atom. The highest BCUT2D eigenvalue weighted by molar-refractivity contribution is 5.93. The quantitative estimate of drug-likeness (QED) is 0.804. The number of rotatable bonds is 3.